The van der Waals surface area contributed by atoms with Crippen molar-refractivity contribution in [2.45, 2.75) is 50.7 Å². The zero-order chi connectivity index (χ0) is 20.2. The number of likely N-dealkylation sites (tertiary alicyclic amines) is 1. The number of hydrogen-bond acceptors (Lipinski definition) is 5. The predicted molar refractivity (Wildman–Crippen MR) is 125 cm³/mol. The Hall–Kier alpha value is -0.725. The van der Waals surface area contributed by atoms with Crippen molar-refractivity contribution in [3.05, 3.63) is 48.0 Å². The van der Waals surface area contributed by atoms with Gasteiger partial charge < -0.3 is 14.7 Å². The minimum atomic E-state index is -0.547. The number of hydrogen-bond donors (Lipinski definition) is 1. The van der Waals surface area contributed by atoms with Crippen LogP contribution in [-0.4, -0.2) is 67.6 Å². The number of amides is 1. The van der Waals surface area contributed by atoms with E-state index in [0.717, 1.165) is 36.3 Å². The molecule has 5 nitrogen and oxygen atoms in total. The third-order valence-electron chi connectivity index (χ3n) is 4.83. The number of benzene rings is 1. The standard InChI is InChI=1S/C22H31NO4S.BH4.Na/c1-27-22(26)11-6-15-28-16-14-23-19(9-5-10-21(23)25)12-13-20(24)17-18-7-3-2-4-8-18;;/h2-4,7-8,12-13,19-20,24H,5-6,9-11,14-17H2,1H3;1H4;/q;-1;+1/b13-12+;;/t19?,20-;;/m0../s1. The van der Waals surface area contributed by atoms with Gasteiger partial charge in [-0.2, -0.15) is 11.8 Å². The van der Waals surface area contributed by atoms with Crippen molar-refractivity contribution in [2.75, 3.05) is 25.2 Å². The summed E-state index contributed by atoms with van der Waals surface area (Å²) < 4.78 is 4.63. The van der Waals surface area contributed by atoms with E-state index >= 15 is 0 Å². The van der Waals surface area contributed by atoms with Crippen molar-refractivity contribution >= 4 is 32.1 Å². The average Bonchev–Trinajstić information content (AvgIpc) is 2.70. The molecule has 1 N–H and O–H groups in total. The maximum Gasteiger partial charge on any atom is 1.00 e. The van der Waals surface area contributed by atoms with Crippen LogP contribution in [0.2, 0.25) is 0 Å². The molecule has 30 heavy (non-hydrogen) atoms. The molecule has 1 unspecified atom stereocenters. The van der Waals surface area contributed by atoms with Gasteiger partial charge in [0.1, 0.15) is 0 Å². The van der Waals surface area contributed by atoms with Crippen molar-refractivity contribution in [1.82, 2.24) is 4.90 Å². The van der Waals surface area contributed by atoms with E-state index in [-0.39, 0.29) is 55.9 Å². The van der Waals surface area contributed by atoms with Gasteiger partial charge in [0.05, 0.1) is 19.3 Å². The zero-order valence-electron chi connectivity index (χ0n) is 17.6. The van der Waals surface area contributed by atoms with Gasteiger partial charge in [-0.25, -0.2) is 0 Å². The molecule has 0 saturated carbocycles. The van der Waals surface area contributed by atoms with Crippen LogP contribution < -0.4 is 29.6 Å². The molecule has 0 aliphatic carbocycles. The molecule has 162 valence electrons. The zero-order valence-corrected chi connectivity index (χ0v) is 20.4. The first-order chi connectivity index (χ1) is 13.6. The number of carbonyl (C=O) groups excluding carboxylic acids is 2. The summed E-state index contributed by atoms with van der Waals surface area (Å²) in [6.45, 7) is 0.700. The summed E-state index contributed by atoms with van der Waals surface area (Å²) in [7, 11) is 1.40. The first-order valence-electron chi connectivity index (χ1n) is 9.94. The van der Waals surface area contributed by atoms with E-state index in [9.17, 15) is 14.7 Å². The Morgan fingerprint density at radius 2 is 2.07 bits per heavy atom. The topological polar surface area (TPSA) is 66.8 Å². The molecule has 1 saturated heterocycles. The molecule has 1 amide bonds. The fraction of sp³-hybridized carbons (Fsp3) is 0.545. The Labute approximate surface area is 208 Å². The number of ether oxygens (including phenoxy) is 1. The van der Waals surface area contributed by atoms with E-state index in [2.05, 4.69) is 4.74 Å². The molecule has 1 aromatic rings. The summed E-state index contributed by atoms with van der Waals surface area (Å²) in [6.07, 6.45) is 7.52. The normalized spacial score (nSPS) is 17.2. The number of thioether (sulfide) groups is 1. The molecule has 2 rings (SSSR count). The molecule has 1 aliphatic rings. The summed E-state index contributed by atoms with van der Waals surface area (Å²) in [6, 6.07) is 9.97. The van der Waals surface area contributed by atoms with Gasteiger partial charge in [0, 0.05) is 31.6 Å². The smallest absolute Gasteiger partial charge is 0.469 e. The maximum atomic E-state index is 12.3. The van der Waals surface area contributed by atoms with Gasteiger partial charge in [0.25, 0.3) is 0 Å². The quantitative estimate of drug-likeness (QED) is 0.201. The minimum absolute atomic E-state index is 0. The average molecular weight is 443 g/mol. The Bertz CT molecular complexity index is 647. The van der Waals surface area contributed by atoms with E-state index in [1.165, 1.54) is 7.11 Å². The Kier molecular flexibility index (Phi) is 16.5. The molecule has 1 fully saturated rings. The van der Waals surface area contributed by atoms with Crippen molar-refractivity contribution in [3.8, 4) is 0 Å². The van der Waals surface area contributed by atoms with Crippen LogP contribution in [0, 0.1) is 0 Å². The van der Waals surface area contributed by atoms with Crippen molar-refractivity contribution in [3.63, 3.8) is 0 Å². The third-order valence-corrected chi connectivity index (χ3v) is 5.88. The summed E-state index contributed by atoms with van der Waals surface area (Å²) in [5, 5.41) is 10.3. The van der Waals surface area contributed by atoms with Crippen LogP contribution in [0.15, 0.2) is 42.5 Å². The Morgan fingerprint density at radius 1 is 1.33 bits per heavy atom. The molecule has 0 bridgehead atoms. The van der Waals surface area contributed by atoms with Gasteiger partial charge in [-0.05, 0) is 30.6 Å². The second-order valence-corrected chi connectivity index (χ2v) is 8.21. The second-order valence-electron chi connectivity index (χ2n) is 6.98. The van der Waals surface area contributed by atoms with E-state index in [4.69, 9.17) is 0 Å². The fourth-order valence-electron chi connectivity index (χ4n) is 3.30. The van der Waals surface area contributed by atoms with Crippen LogP contribution in [0.5, 0.6) is 0 Å². The van der Waals surface area contributed by atoms with Gasteiger partial charge in [0.15, 0.2) is 0 Å². The molecule has 1 heterocycles. The van der Waals surface area contributed by atoms with Gasteiger partial charge in [0.2, 0.25) is 5.91 Å². The third kappa shape index (κ3) is 11.1. The Morgan fingerprint density at radius 3 is 2.77 bits per heavy atom. The fourth-order valence-corrected chi connectivity index (χ4v) is 4.18. The molecule has 0 aromatic heterocycles. The minimum Gasteiger partial charge on any atom is -0.469 e. The number of aliphatic hydroxyl groups is 1. The van der Waals surface area contributed by atoms with Gasteiger partial charge in [-0.1, -0.05) is 50.9 Å². The molecule has 2 atom stereocenters. The van der Waals surface area contributed by atoms with Gasteiger partial charge >= 0.3 is 35.5 Å². The summed E-state index contributed by atoms with van der Waals surface area (Å²) in [5.74, 6) is 1.75. The molecule has 0 spiro atoms. The van der Waals surface area contributed by atoms with E-state index in [1.54, 1.807) is 11.8 Å². The van der Waals surface area contributed by atoms with Crippen LogP contribution in [0.25, 0.3) is 0 Å². The largest absolute Gasteiger partial charge is 1.00 e. The second kappa shape index (κ2) is 16.9. The van der Waals surface area contributed by atoms with E-state index in [1.807, 2.05) is 47.4 Å². The molecule has 8 heteroatoms. The number of methoxy groups -OCH3 is 1. The molecule has 1 aliphatic heterocycles. The van der Waals surface area contributed by atoms with Crippen LogP contribution >= 0.6 is 11.8 Å². The van der Waals surface area contributed by atoms with E-state index < -0.39 is 6.10 Å². The number of carbonyl (C=O) groups is 2. The van der Waals surface area contributed by atoms with E-state index in [0.29, 0.717) is 25.8 Å². The number of nitrogens with zero attached hydrogens (tertiary/aromatic N) is 1. The maximum absolute atomic E-state index is 12.3. The summed E-state index contributed by atoms with van der Waals surface area (Å²) in [4.78, 5) is 25.4. The van der Waals surface area contributed by atoms with Crippen LogP contribution in [0.1, 0.15) is 37.7 Å². The molecular weight excluding hydrogens is 408 g/mol. The number of piperidine rings is 1. The number of rotatable bonds is 11. The van der Waals surface area contributed by atoms with Crippen LogP contribution in [-0.2, 0) is 20.7 Å². The van der Waals surface area contributed by atoms with Crippen molar-refractivity contribution in [2.24, 2.45) is 0 Å². The first kappa shape index (κ1) is 29.3. The number of esters is 1. The number of aliphatic hydroxyl groups excluding tert-OH is 1. The molecule has 1 aromatic carbocycles. The molecule has 0 radical (unpaired) electrons. The Balaban J connectivity index is 0.00000420. The summed E-state index contributed by atoms with van der Waals surface area (Å²) in [5.41, 5.74) is 1.10. The molecular formula is C22H35BNNaO4S. The van der Waals surface area contributed by atoms with Crippen LogP contribution in [0.3, 0.4) is 0 Å². The van der Waals surface area contributed by atoms with Crippen LogP contribution in [0.4, 0.5) is 0 Å². The monoisotopic (exact) mass is 443 g/mol. The summed E-state index contributed by atoms with van der Waals surface area (Å²) >= 11 is 1.75. The SMILES string of the molecule is COC(=O)CCCSCCN1C(=O)CCCC1/C=C/[C@H](O)Cc1ccccc1.[BH4-].[Na+]. The van der Waals surface area contributed by atoms with Gasteiger partial charge in [-0.15, -0.1) is 0 Å². The van der Waals surface area contributed by atoms with Crippen molar-refractivity contribution in [1.29, 1.82) is 0 Å². The van der Waals surface area contributed by atoms with Crippen molar-refractivity contribution < 1.29 is 49.0 Å². The predicted octanol–water partition coefficient (Wildman–Crippen LogP) is -1.23. The van der Waals surface area contributed by atoms with Gasteiger partial charge in [-0.3, -0.25) is 9.59 Å². The first-order valence-corrected chi connectivity index (χ1v) is 11.1.